The Labute approximate surface area is 255 Å². The molecule has 1 aromatic heterocycles. The smallest absolute Gasteiger partial charge is 0.301 e. The predicted octanol–water partition coefficient (Wildman–Crippen LogP) is 6.48. The monoisotopic (exact) mass is 615 g/mol. The van der Waals surface area contributed by atoms with Crippen molar-refractivity contribution in [1.29, 1.82) is 0 Å². The lowest BCUT2D eigenvalue weighted by molar-refractivity contribution is -0.132. The number of aliphatic hydroxyl groups excluding tert-OH is 1. The number of anilines is 1. The Bertz CT molecular complexity index is 1770. The van der Waals surface area contributed by atoms with Crippen LogP contribution in [0.15, 0.2) is 89.3 Å². The lowest BCUT2D eigenvalue weighted by atomic mass is 9.94. The molecule has 0 spiro atoms. The van der Waals surface area contributed by atoms with Crippen molar-refractivity contribution in [1.82, 2.24) is 10.2 Å². The van der Waals surface area contributed by atoms with Gasteiger partial charge in [0.05, 0.1) is 11.6 Å². The Kier molecular flexibility index (Phi) is 8.00. The summed E-state index contributed by atoms with van der Waals surface area (Å²) in [5.41, 5.74) is 2.28. The average Bonchev–Trinajstić information content (AvgIpc) is 3.70. The summed E-state index contributed by atoms with van der Waals surface area (Å²) in [5, 5.41) is 20.2. The number of fused-ring (bicyclic) bond motifs is 1. The number of ether oxygens (including phenoxy) is 2. The van der Waals surface area contributed by atoms with Crippen LogP contribution in [0.2, 0.25) is 0 Å². The van der Waals surface area contributed by atoms with E-state index in [4.69, 9.17) is 9.47 Å². The highest BCUT2D eigenvalue weighted by molar-refractivity contribution is 8.00. The fourth-order valence-corrected chi connectivity index (χ4v) is 6.97. The fraction of sp³-hybridized carbons (Fsp3) is 0.188. The van der Waals surface area contributed by atoms with Gasteiger partial charge >= 0.3 is 5.91 Å². The van der Waals surface area contributed by atoms with Crippen molar-refractivity contribution in [3.8, 4) is 11.5 Å². The maximum absolute atomic E-state index is 14.1. The van der Waals surface area contributed by atoms with Crippen LogP contribution in [-0.2, 0) is 21.8 Å². The van der Waals surface area contributed by atoms with Crippen molar-refractivity contribution in [2.24, 2.45) is 0 Å². The summed E-state index contributed by atoms with van der Waals surface area (Å²) in [6.07, 6.45) is 2.27. The van der Waals surface area contributed by atoms with Gasteiger partial charge in [0.2, 0.25) is 5.13 Å². The highest BCUT2D eigenvalue weighted by Crippen LogP contribution is 2.45. The maximum atomic E-state index is 14.1. The summed E-state index contributed by atoms with van der Waals surface area (Å²) >= 11 is 2.38. The van der Waals surface area contributed by atoms with Crippen molar-refractivity contribution < 1.29 is 28.6 Å². The number of carbonyl (C=O) groups excluding carboxylic acids is 2. The van der Waals surface area contributed by atoms with E-state index in [1.54, 1.807) is 66.7 Å². The molecule has 2 atom stereocenters. The first kappa shape index (κ1) is 28.6. The number of rotatable bonds is 9. The molecule has 0 aliphatic carbocycles. The van der Waals surface area contributed by atoms with Crippen LogP contribution in [0.25, 0.3) is 5.76 Å². The minimum absolute atomic E-state index is 0.000802. The van der Waals surface area contributed by atoms with E-state index >= 15 is 0 Å². The SMILES string of the molecule is C=CCOc1cccc([C@H]2/C(=C(\O)c3ccc4c(c3)C[C@H](C)O4)C(=O)C(=O)N2c2nnc(SCc3ccccc3F)s2)c1. The number of hydrogen-bond donors (Lipinski definition) is 1. The minimum Gasteiger partial charge on any atom is -0.507 e. The van der Waals surface area contributed by atoms with E-state index in [2.05, 4.69) is 16.8 Å². The largest absolute Gasteiger partial charge is 0.507 e. The molecular weight excluding hydrogens is 590 g/mol. The molecule has 1 fully saturated rings. The molecule has 2 aliphatic heterocycles. The number of nitrogens with zero attached hydrogens (tertiary/aromatic N) is 3. The molecule has 3 heterocycles. The summed E-state index contributed by atoms with van der Waals surface area (Å²) in [4.78, 5) is 28.5. The van der Waals surface area contributed by atoms with Crippen LogP contribution < -0.4 is 14.4 Å². The van der Waals surface area contributed by atoms with Crippen molar-refractivity contribution in [3.63, 3.8) is 0 Å². The molecular formula is C32H26FN3O5S2. The van der Waals surface area contributed by atoms with Crippen molar-refractivity contribution in [3.05, 3.63) is 113 Å². The van der Waals surface area contributed by atoms with Gasteiger partial charge in [-0.15, -0.1) is 10.2 Å². The van der Waals surface area contributed by atoms with Crippen LogP contribution in [0.5, 0.6) is 11.5 Å². The van der Waals surface area contributed by atoms with Gasteiger partial charge in [-0.25, -0.2) is 4.39 Å². The zero-order chi connectivity index (χ0) is 30.1. The van der Waals surface area contributed by atoms with Gasteiger partial charge in [-0.2, -0.15) is 0 Å². The third-order valence-electron chi connectivity index (χ3n) is 7.07. The van der Waals surface area contributed by atoms with Crippen molar-refractivity contribution in [2.45, 2.75) is 35.6 Å². The number of carbonyl (C=O) groups is 2. The summed E-state index contributed by atoms with van der Waals surface area (Å²) in [5.74, 6) is -0.773. The van der Waals surface area contributed by atoms with Crippen LogP contribution in [0, 0.1) is 5.82 Å². The number of ketones is 1. The molecule has 0 saturated carbocycles. The van der Waals surface area contributed by atoms with Gasteiger partial charge in [0.15, 0.2) is 4.34 Å². The van der Waals surface area contributed by atoms with Gasteiger partial charge in [0, 0.05) is 17.7 Å². The van der Waals surface area contributed by atoms with E-state index < -0.39 is 17.7 Å². The average molecular weight is 616 g/mol. The molecule has 1 amide bonds. The Morgan fingerprint density at radius 2 is 2.02 bits per heavy atom. The molecule has 1 saturated heterocycles. The lowest BCUT2D eigenvalue weighted by Gasteiger charge is -2.23. The normalized spacial score (nSPS) is 18.9. The highest BCUT2D eigenvalue weighted by atomic mass is 32.2. The molecule has 8 nitrogen and oxygen atoms in total. The number of halogens is 1. The molecule has 6 rings (SSSR count). The molecule has 0 bridgehead atoms. The van der Waals surface area contributed by atoms with E-state index in [0.29, 0.717) is 39.0 Å². The Morgan fingerprint density at radius 1 is 1.19 bits per heavy atom. The second-order valence-electron chi connectivity index (χ2n) is 10.0. The van der Waals surface area contributed by atoms with Crippen molar-refractivity contribution in [2.75, 3.05) is 11.5 Å². The van der Waals surface area contributed by atoms with E-state index in [-0.39, 0.29) is 35.0 Å². The first-order valence-corrected chi connectivity index (χ1v) is 15.3. The number of benzene rings is 3. The standard InChI is InChI=1S/C32H26FN3O5S2/c1-3-13-40-23-9-6-8-19(16-23)27-26(28(37)20-11-12-25-22(15-20)14-18(2)41-25)29(38)30(39)36(27)31-34-35-32(43-31)42-17-21-7-4-5-10-24(21)33/h3-12,15-16,18,27,37H,1,13-14,17H2,2H3/b28-26+/t18-,27-/m0/s1. The van der Waals surface area contributed by atoms with E-state index in [1.807, 2.05) is 6.92 Å². The highest BCUT2D eigenvalue weighted by Gasteiger charge is 2.48. The summed E-state index contributed by atoms with van der Waals surface area (Å²) in [6.45, 7) is 5.90. The first-order chi connectivity index (χ1) is 20.8. The summed E-state index contributed by atoms with van der Waals surface area (Å²) in [7, 11) is 0. The molecule has 218 valence electrons. The topological polar surface area (TPSA) is 102 Å². The van der Waals surface area contributed by atoms with Crippen LogP contribution in [0.1, 0.15) is 35.2 Å². The number of Topliss-reactive ketones (excluding diaryl/α,β-unsaturated/α-hetero) is 1. The fourth-order valence-electron chi connectivity index (χ4n) is 5.11. The van der Waals surface area contributed by atoms with Gasteiger partial charge in [-0.3, -0.25) is 14.5 Å². The van der Waals surface area contributed by atoms with Crippen LogP contribution in [-0.4, -0.2) is 39.7 Å². The summed E-state index contributed by atoms with van der Waals surface area (Å²) < 4.78 is 26.2. The minimum atomic E-state index is -1.01. The van der Waals surface area contributed by atoms with Crippen LogP contribution in [0.3, 0.4) is 0 Å². The van der Waals surface area contributed by atoms with Crippen molar-refractivity contribution >= 4 is 45.7 Å². The molecule has 0 radical (unpaired) electrons. The molecule has 1 N–H and O–H groups in total. The number of aromatic nitrogens is 2. The van der Waals surface area contributed by atoms with Gasteiger partial charge in [-0.05, 0) is 60.0 Å². The van der Waals surface area contributed by atoms with E-state index in [1.165, 1.54) is 22.7 Å². The number of thioether (sulfide) groups is 1. The molecule has 3 aromatic carbocycles. The maximum Gasteiger partial charge on any atom is 0.301 e. The third kappa shape index (κ3) is 5.65. The predicted molar refractivity (Wildman–Crippen MR) is 163 cm³/mol. The van der Waals surface area contributed by atoms with Gasteiger partial charge < -0.3 is 14.6 Å². The first-order valence-electron chi connectivity index (χ1n) is 13.5. The Morgan fingerprint density at radius 3 is 2.84 bits per heavy atom. The number of amides is 1. The second-order valence-corrected chi connectivity index (χ2v) is 12.2. The zero-order valence-electron chi connectivity index (χ0n) is 23.0. The molecule has 43 heavy (non-hydrogen) atoms. The third-order valence-corrected chi connectivity index (χ3v) is 9.17. The van der Waals surface area contributed by atoms with E-state index in [9.17, 15) is 19.1 Å². The number of aliphatic hydroxyl groups is 1. The molecule has 4 aromatic rings. The van der Waals surface area contributed by atoms with Gasteiger partial charge in [-0.1, -0.05) is 66.1 Å². The van der Waals surface area contributed by atoms with Crippen LogP contribution in [0.4, 0.5) is 9.52 Å². The summed E-state index contributed by atoms with van der Waals surface area (Å²) in [6, 6.07) is 17.6. The van der Waals surface area contributed by atoms with Gasteiger partial charge in [0.1, 0.15) is 35.8 Å². The Hall–Kier alpha value is -4.48. The Balaban J connectivity index is 1.40. The van der Waals surface area contributed by atoms with E-state index in [0.717, 1.165) is 22.6 Å². The van der Waals surface area contributed by atoms with Gasteiger partial charge in [0.25, 0.3) is 5.78 Å². The zero-order valence-corrected chi connectivity index (χ0v) is 24.7. The molecule has 0 unspecified atom stereocenters. The van der Waals surface area contributed by atoms with Crippen LogP contribution >= 0.6 is 23.1 Å². The quantitative estimate of drug-likeness (QED) is 0.0570. The second kappa shape index (κ2) is 12.0. The lowest BCUT2D eigenvalue weighted by Crippen LogP contribution is -2.29. The number of hydrogen-bond acceptors (Lipinski definition) is 9. The molecule has 11 heteroatoms. The molecule has 2 aliphatic rings.